The summed E-state index contributed by atoms with van der Waals surface area (Å²) in [5.74, 6) is 1.62. The number of rotatable bonds is 5. The summed E-state index contributed by atoms with van der Waals surface area (Å²) in [5, 5.41) is 3.27. The Morgan fingerprint density at radius 1 is 1.25 bits per heavy atom. The van der Waals surface area contributed by atoms with E-state index in [-0.39, 0.29) is 5.54 Å². The lowest BCUT2D eigenvalue weighted by atomic mass is 10.0. The molecule has 1 aromatic rings. The predicted octanol–water partition coefficient (Wildman–Crippen LogP) is 3.13. The van der Waals surface area contributed by atoms with E-state index in [9.17, 15) is 0 Å². The minimum atomic E-state index is -0.306. The van der Waals surface area contributed by atoms with Gasteiger partial charge in [-0.15, -0.1) is 23.2 Å². The number of aromatic nitrogens is 2. The maximum absolute atomic E-state index is 5.95. The highest BCUT2D eigenvalue weighted by Gasteiger charge is 2.26. The van der Waals surface area contributed by atoms with Gasteiger partial charge < -0.3 is 5.32 Å². The zero-order chi connectivity index (χ0) is 12.2. The molecular weight excluding hydrogens is 245 g/mol. The molecule has 0 amide bonds. The summed E-state index contributed by atoms with van der Waals surface area (Å²) < 4.78 is 0. The highest BCUT2D eigenvalue weighted by atomic mass is 35.5. The fourth-order valence-corrected chi connectivity index (χ4v) is 2.05. The van der Waals surface area contributed by atoms with Gasteiger partial charge in [-0.3, -0.25) is 4.98 Å². The van der Waals surface area contributed by atoms with Crippen LogP contribution >= 0.6 is 23.2 Å². The molecule has 0 fully saturated rings. The topological polar surface area (TPSA) is 37.8 Å². The molecular formula is C11H17Cl2N3. The van der Waals surface area contributed by atoms with E-state index in [1.807, 2.05) is 20.8 Å². The number of hydrogen-bond acceptors (Lipinski definition) is 3. The molecule has 0 bridgehead atoms. The van der Waals surface area contributed by atoms with E-state index in [0.29, 0.717) is 11.8 Å². The Morgan fingerprint density at radius 3 is 2.31 bits per heavy atom. The average molecular weight is 262 g/mol. The Hall–Kier alpha value is -0.540. The molecule has 1 heterocycles. The molecule has 5 heteroatoms. The molecule has 0 radical (unpaired) electrons. The maximum Gasteiger partial charge on any atom is 0.145 e. The van der Waals surface area contributed by atoms with Gasteiger partial charge in [-0.1, -0.05) is 6.92 Å². The van der Waals surface area contributed by atoms with Gasteiger partial charge in [0.25, 0.3) is 0 Å². The van der Waals surface area contributed by atoms with Gasteiger partial charge in [0.15, 0.2) is 0 Å². The fourth-order valence-electron chi connectivity index (χ4n) is 1.25. The van der Waals surface area contributed by atoms with Crippen LogP contribution in [0.4, 0.5) is 5.82 Å². The Labute approximate surface area is 107 Å². The van der Waals surface area contributed by atoms with Crippen LogP contribution in [0.5, 0.6) is 0 Å². The number of alkyl halides is 2. The zero-order valence-electron chi connectivity index (χ0n) is 9.85. The SMILES string of the molecule is CCC(CCl)(CCl)Nc1cnc(C)c(C)n1. The molecule has 1 rings (SSSR count). The average Bonchev–Trinajstić information content (AvgIpc) is 2.31. The number of anilines is 1. The first-order valence-corrected chi connectivity index (χ1v) is 6.34. The summed E-state index contributed by atoms with van der Waals surface area (Å²) in [6.45, 7) is 5.91. The predicted molar refractivity (Wildman–Crippen MR) is 69.6 cm³/mol. The van der Waals surface area contributed by atoms with Crippen LogP contribution in [0.3, 0.4) is 0 Å². The Kier molecular flexibility index (Phi) is 4.81. The van der Waals surface area contributed by atoms with E-state index >= 15 is 0 Å². The lowest BCUT2D eigenvalue weighted by Crippen LogP contribution is -2.42. The lowest BCUT2D eigenvalue weighted by molar-refractivity contribution is 0.557. The molecule has 0 saturated carbocycles. The van der Waals surface area contributed by atoms with Gasteiger partial charge in [-0.05, 0) is 20.3 Å². The van der Waals surface area contributed by atoms with Crippen LogP contribution in [-0.2, 0) is 0 Å². The van der Waals surface area contributed by atoms with Crippen molar-refractivity contribution in [2.24, 2.45) is 0 Å². The molecule has 0 saturated heterocycles. The lowest BCUT2D eigenvalue weighted by Gasteiger charge is -2.30. The molecule has 0 aliphatic rings. The van der Waals surface area contributed by atoms with Crippen molar-refractivity contribution in [1.29, 1.82) is 0 Å². The summed E-state index contributed by atoms with van der Waals surface area (Å²) in [5.41, 5.74) is 1.54. The highest BCUT2D eigenvalue weighted by molar-refractivity contribution is 6.22. The Morgan fingerprint density at radius 2 is 1.88 bits per heavy atom. The summed E-state index contributed by atoms with van der Waals surface area (Å²) in [6, 6.07) is 0. The molecule has 1 N–H and O–H groups in total. The van der Waals surface area contributed by atoms with Crippen LogP contribution in [0.25, 0.3) is 0 Å². The van der Waals surface area contributed by atoms with Crippen LogP contribution in [-0.4, -0.2) is 27.3 Å². The van der Waals surface area contributed by atoms with Crippen molar-refractivity contribution < 1.29 is 0 Å². The van der Waals surface area contributed by atoms with E-state index < -0.39 is 0 Å². The molecule has 3 nitrogen and oxygen atoms in total. The van der Waals surface area contributed by atoms with Crippen molar-refractivity contribution in [3.05, 3.63) is 17.6 Å². The zero-order valence-corrected chi connectivity index (χ0v) is 11.4. The standard InChI is InChI=1S/C11H17Cl2N3/c1-4-11(6-12,7-13)16-10-5-14-8(2)9(3)15-10/h5H,4,6-7H2,1-3H3,(H,15,16). The van der Waals surface area contributed by atoms with Crippen LogP contribution < -0.4 is 5.32 Å². The Balaban J connectivity index is 2.89. The van der Waals surface area contributed by atoms with Crippen LogP contribution in [0, 0.1) is 13.8 Å². The second-order valence-corrected chi connectivity index (χ2v) is 4.49. The quantitative estimate of drug-likeness (QED) is 0.828. The maximum atomic E-state index is 5.95. The van der Waals surface area contributed by atoms with Crippen molar-refractivity contribution in [2.45, 2.75) is 32.7 Å². The molecule has 0 spiro atoms. The first-order valence-electron chi connectivity index (χ1n) is 5.27. The summed E-state index contributed by atoms with van der Waals surface area (Å²) in [7, 11) is 0. The van der Waals surface area contributed by atoms with E-state index in [0.717, 1.165) is 23.6 Å². The third-order valence-corrected chi connectivity index (χ3v) is 3.80. The summed E-state index contributed by atoms with van der Waals surface area (Å²) >= 11 is 11.9. The van der Waals surface area contributed by atoms with Gasteiger partial charge in [-0.25, -0.2) is 4.98 Å². The number of halogens is 2. The smallest absolute Gasteiger partial charge is 0.145 e. The molecule has 0 aliphatic carbocycles. The van der Waals surface area contributed by atoms with E-state index in [1.54, 1.807) is 6.20 Å². The first-order chi connectivity index (χ1) is 7.56. The van der Waals surface area contributed by atoms with Crippen molar-refractivity contribution >= 4 is 29.0 Å². The van der Waals surface area contributed by atoms with Gasteiger partial charge >= 0.3 is 0 Å². The van der Waals surface area contributed by atoms with E-state index in [4.69, 9.17) is 23.2 Å². The van der Waals surface area contributed by atoms with Gasteiger partial charge in [0.05, 0.1) is 23.1 Å². The molecule has 0 aromatic carbocycles. The van der Waals surface area contributed by atoms with Gasteiger partial charge in [0.2, 0.25) is 0 Å². The van der Waals surface area contributed by atoms with Crippen LogP contribution in [0.15, 0.2) is 6.20 Å². The van der Waals surface area contributed by atoms with Crippen molar-refractivity contribution in [2.75, 3.05) is 17.1 Å². The van der Waals surface area contributed by atoms with Crippen LogP contribution in [0.2, 0.25) is 0 Å². The summed E-state index contributed by atoms with van der Waals surface area (Å²) in [4.78, 5) is 8.67. The molecule has 0 unspecified atom stereocenters. The summed E-state index contributed by atoms with van der Waals surface area (Å²) in [6.07, 6.45) is 2.56. The van der Waals surface area contributed by atoms with Gasteiger partial charge in [0.1, 0.15) is 5.82 Å². The van der Waals surface area contributed by atoms with Crippen molar-refractivity contribution in [1.82, 2.24) is 9.97 Å². The second kappa shape index (κ2) is 5.69. The molecule has 0 atom stereocenters. The fraction of sp³-hybridized carbons (Fsp3) is 0.636. The number of aryl methyl sites for hydroxylation is 2. The van der Waals surface area contributed by atoms with E-state index in [2.05, 4.69) is 15.3 Å². The second-order valence-electron chi connectivity index (χ2n) is 3.95. The van der Waals surface area contributed by atoms with Crippen LogP contribution in [0.1, 0.15) is 24.7 Å². The molecule has 0 aliphatic heterocycles. The van der Waals surface area contributed by atoms with E-state index in [1.165, 1.54) is 0 Å². The first kappa shape index (κ1) is 13.5. The largest absolute Gasteiger partial charge is 0.361 e. The highest BCUT2D eigenvalue weighted by Crippen LogP contribution is 2.20. The normalized spacial score (nSPS) is 11.6. The van der Waals surface area contributed by atoms with Crippen molar-refractivity contribution in [3.8, 4) is 0 Å². The number of hydrogen-bond donors (Lipinski definition) is 1. The molecule has 16 heavy (non-hydrogen) atoms. The molecule has 90 valence electrons. The molecule has 1 aromatic heterocycles. The number of nitrogens with zero attached hydrogens (tertiary/aromatic N) is 2. The Bertz CT molecular complexity index is 343. The minimum Gasteiger partial charge on any atom is -0.361 e. The third kappa shape index (κ3) is 2.98. The minimum absolute atomic E-state index is 0.306. The van der Waals surface area contributed by atoms with Gasteiger partial charge in [-0.2, -0.15) is 0 Å². The monoisotopic (exact) mass is 261 g/mol. The number of nitrogens with one attached hydrogen (secondary N) is 1. The third-order valence-electron chi connectivity index (χ3n) is 2.77. The van der Waals surface area contributed by atoms with Gasteiger partial charge in [0, 0.05) is 11.8 Å². The van der Waals surface area contributed by atoms with Crippen molar-refractivity contribution in [3.63, 3.8) is 0 Å².